The highest BCUT2D eigenvalue weighted by Gasteiger charge is 2.23. The second kappa shape index (κ2) is 8.30. The van der Waals surface area contributed by atoms with E-state index in [0.717, 1.165) is 41.6 Å². The molecule has 0 saturated heterocycles. The summed E-state index contributed by atoms with van der Waals surface area (Å²) in [6.07, 6.45) is 3.89. The average Bonchev–Trinajstić information content (AvgIpc) is 3.13. The molecular weight excluding hydrogens is 380 g/mol. The van der Waals surface area contributed by atoms with E-state index >= 15 is 0 Å². The Bertz CT molecular complexity index is 885. The first kappa shape index (κ1) is 18.3. The van der Waals surface area contributed by atoms with Gasteiger partial charge in [-0.05, 0) is 54.8 Å². The molecular formula is C21H21ClN2O2S. The van der Waals surface area contributed by atoms with Gasteiger partial charge in [-0.15, -0.1) is 11.3 Å². The summed E-state index contributed by atoms with van der Waals surface area (Å²) in [5, 5.41) is 3.02. The Morgan fingerprint density at radius 1 is 1.11 bits per heavy atom. The molecule has 1 saturated carbocycles. The minimum absolute atomic E-state index is 0.0183. The highest BCUT2D eigenvalue weighted by molar-refractivity contribution is 7.16. The van der Waals surface area contributed by atoms with Crippen molar-refractivity contribution in [3.05, 3.63) is 80.9 Å². The van der Waals surface area contributed by atoms with Gasteiger partial charge < -0.3 is 9.73 Å². The van der Waals surface area contributed by atoms with Gasteiger partial charge in [-0.25, -0.2) is 0 Å². The van der Waals surface area contributed by atoms with Gasteiger partial charge >= 0.3 is 0 Å². The second-order valence-electron chi connectivity index (χ2n) is 6.88. The smallest absolute Gasteiger partial charge is 0.251 e. The normalized spacial score (nSPS) is 13.9. The lowest BCUT2D eigenvalue weighted by Crippen LogP contribution is -2.25. The van der Waals surface area contributed by atoms with Crippen molar-refractivity contribution in [3.63, 3.8) is 0 Å². The number of hydrogen-bond acceptors (Lipinski definition) is 4. The number of nitrogens with zero attached hydrogens (tertiary/aromatic N) is 1. The van der Waals surface area contributed by atoms with Gasteiger partial charge in [0.25, 0.3) is 5.91 Å². The number of carbonyl (C=O) groups excluding carboxylic acids is 1. The van der Waals surface area contributed by atoms with E-state index in [1.807, 2.05) is 42.5 Å². The van der Waals surface area contributed by atoms with E-state index in [2.05, 4.69) is 16.3 Å². The fraction of sp³-hybridized carbons (Fsp3) is 0.286. The van der Waals surface area contributed by atoms with Gasteiger partial charge in [0.1, 0.15) is 5.76 Å². The van der Waals surface area contributed by atoms with E-state index in [1.165, 1.54) is 4.88 Å². The number of nitrogens with one attached hydrogen (secondary N) is 1. The molecule has 2 heterocycles. The largest absolute Gasteiger partial charge is 0.468 e. The standard InChI is InChI=1S/C21H21ClN2O2S/c22-20-10-9-19(27-20)14-24(13-18-2-1-11-26-18)12-15-3-5-16(6-4-15)21(25)23-17-7-8-17/h1-6,9-11,17H,7-8,12-14H2,(H,23,25). The van der Waals surface area contributed by atoms with Gasteiger partial charge in [0.15, 0.2) is 0 Å². The maximum atomic E-state index is 12.1. The van der Waals surface area contributed by atoms with Crippen molar-refractivity contribution in [2.45, 2.75) is 38.5 Å². The molecule has 0 bridgehead atoms. The number of amides is 1. The van der Waals surface area contributed by atoms with Crippen LogP contribution in [0.4, 0.5) is 0 Å². The number of thiophene rings is 1. The van der Waals surface area contributed by atoms with E-state index in [4.69, 9.17) is 16.0 Å². The molecule has 1 aliphatic rings. The van der Waals surface area contributed by atoms with Crippen molar-refractivity contribution in [1.82, 2.24) is 10.2 Å². The summed E-state index contributed by atoms with van der Waals surface area (Å²) in [5.41, 5.74) is 1.88. The van der Waals surface area contributed by atoms with E-state index in [0.29, 0.717) is 18.2 Å². The Morgan fingerprint density at radius 3 is 2.56 bits per heavy atom. The van der Waals surface area contributed by atoms with Crippen LogP contribution in [-0.4, -0.2) is 16.8 Å². The fourth-order valence-electron chi connectivity index (χ4n) is 2.96. The van der Waals surface area contributed by atoms with Crippen molar-refractivity contribution < 1.29 is 9.21 Å². The molecule has 1 N–H and O–H groups in total. The summed E-state index contributed by atoms with van der Waals surface area (Å²) in [6, 6.07) is 16.1. The summed E-state index contributed by atoms with van der Waals surface area (Å²) in [5.74, 6) is 0.947. The van der Waals surface area contributed by atoms with Crippen LogP contribution in [0, 0.1) is 0 Å². The minimum Gasteiger partial charge on any atom is -0.468 e. The van der Waals surface area contributed by atoms with Gasteiger partial charge in [-0.3, -0.25) is 9.69 Å². The Labute approximate surface area is 167 Å². The molecule has 2 aromatic heterocycles. The Hall–Kier alpha value is -2.08. The highest BCUT2D eigenvalue weighted by atomic mass is 35.5. The van der Waals surface area contributed by atoms with Crippen LogP contribution in [0.15, 0.2) is 59.2 Å². The number of rotatable bonds is 8. The average molecular weight is 401 g/mol. The van der Waals surface area contributed by atoms with Gasteiger partial charge in [-0.2, -0.15) is 0 Å². The third kappa shape index (κ3) is 5.22. The Balaban J connectivity index is 1.43. The molecule has 1 aromatic carbocycles. The van der Waals surface area contributed by atoms with Crippen LogP contribution in [-0.2, 0) is 19.6 Å². The van der Waals surface area contributed by atoms with Crippen LogP contribution < -0.4 is 5.32 Å². The monoisotopic (exact) mass is 400 g/mol. The lowest BCUT2D eigenvalue weighted by atomic mass is 10.1. The van der Waals surface area contributed by atoms with Crippen molar-refractivity contribution in [2.24, 2.45) is 0 Å². The molecule has 1 aliphatic carbocycles. The number of furan rings is 1. The summed E-state index contributed by atoms with van der Waals surface area (Å²) < 4.78 is 6.32. The molecule has 0 aliphatic heterocycles. The zero-order valence-electron chi connectivity index (χ0n) is 14.9. The predicted molar refractivity (Wildman–Crippen MR) is 108 cm³/mol. The van der Waals surface area contributed by atoms with E-state index < -0.39 is 0 Å². The Morgan fingerprint density at radius 2 is 1.93 bits per heavy atom. The summed E-state index contributed by atoms with van der Waals surface area (Å²) >= 11 is 7.68. The van der Waals surface area contributed by atoms with E-state index in [-0.39, 0.29) is 5.91 Å². The first-order chi connectivity index (χ1) is 13.2. The van der Waals surface area contributed by atoms with Crippen LogP contribution in [0.5, 0.6) is 0 Å². The molecule has 6 heteroatoms. The topological polar surface area (TPSA) is 45.5 Å². The summed E-state index contributed by atoms with van der Waals surface area (Å²) in [4.78, 5) is 15.7. The van der Waals surface area contributed by atoms with Crippen LogP contribution >= 0.6 is 22.9 Å². The molecule has 1 fully saturated rings. The maximum absolute atomic E-state index is 12.1. The molecule has 0 radical (unpaired) electrons. The number of hydrogen-bond donors (Lipinski definition) is 1. The van der Waals surface area contributed by atoms with Gasteiger partial charge in [0, 0.05) is 29.6 Å². The Kier molecular flexibility index (Phi) is 5.62. The third-order valence-corrected chi connectivity index (χ3v) is 5.72. The number of carbonyl (C=O) groups is 1. The van der Waals surface area contributed by atoms with Crippen LogP contribution in [0.1, 0.15) is 39.4 Å². The number of benzene rings is 1. The lowest BCUT2D eigenvalue weighted by molar-refractivity contribution is 0.0951. The zero-order chi connectivity index (χ0) is 18.6. The maximum Gasteiger partial charge on any atom is 0.251 e. The van der Waals surface area contributed by atoms with Crippen molar-refractivity contribution in [2.75, 3.05) is 0 Å². The van der Waals surface area contributed by atoms with Gasteiger partial charge in [0.05, 0.1) is 17.1 Å². The second-order valence-corrected chi connectivity index (χ2v) is 8.67. The van der Waals surface area contributed by atoms with Crippen molar-refractivity contribution >= 4 is 28.8 Å². The lowest BCUT2D eigenvalue weighted by Gasteiger charge is -2.21. The first-order valence-electron chi connectivity index (χ1n) is 9.04. The first-order valence-corrected chi connectivity index (χ1v) is 10.2. The zero-order valence-corrected chi connectivity index (χ0v) is 16.4. The van der Waals surface area contributed by atoms with Crippen molar-refractivity contribution in [3.8, 4) is 0 Å². The predicted octanol–water partition coefficient (Wildman–Crippen LogP) is 5.09. The van der Waals surface area contributed by atoms with Crippen molar-refractivity contribution in [1.29, 1.82) is 0 Å². The SMILES string of the molecule is O=C(NC1CC1)c1ccc(CN(Cc2ccco2)Cc2ccc(Cl)s2)cc1. The van der Waals surface area contributed by atoms with E-state index in [1.54, 1.807) is 17.6 Å². The highest BCUT2D eigenvalue weighted by Crippen LogP contribution is 2.24. The number of halogens is 1. The molecule has 3 aromatic rings. The molecule has 4 nitrogen and oxygen atoms in total. The summed E-state index contributed by atoms with van der Waals surface area (Å²) in [7, 11) is 0. The molecule has 1 amide bonds. The van der Waals surface area contributed by atoms with E-state index in [9.17, 15) is 4.79 Å². The van der Waals surface area contributed by atoms with Crippen LogP contribution in [0.2, 0.25) is 4.34 Å². The molecule has 0 atom stereocenters. The summed E-state index contributed by atoms with van der Waals surface area (Å²) in [6.45, 7) is 2.27. The van der Waals surface area contributed by atoms with Crippen LogP contribution in [0.25, 0.3) is 0 Å². The molecule has 0 spiro atoms. The molecule has 27 heavy (non-hydrogen) atoms. The molecule has 0 unspecified atom stereocenters. The molecule has 140 valence electrons. The minimum atomic E-state index is 0.0183. The fourth-order valence-corrected chi connectivity index (χ4v) is 4.09. The van der Waals surface area contributed by atoms with Gasteiger partial charge in [-0.1, -0.05) is 23.7 Å². The molecule has 4 rings (SSSR count). The quantitative estimate of drug-likeness (QED) is 0.572. The van der Waals surface area contributed by atoms with Crippen LogP contribution in [0.3, 0.4) is 0 Å². The van der Waals surface area contributed by atoms with Gasteiger partial charge in [0.2, 0.25) is 0 Å². The third-order valence-electron chi connectivity index (χ3n) is 4.50.